The van der Waals surface area contributed by atoms with Crippen molar-refractivity contribution in [3.63, 3.8) is 0 Å². The second kappa shape index (κ2) is 4.52. The number of benzene rings is 1. The second-order valence-electron chi connectivity index (χ2n) is 3.87. The van der Waals surface area contributed by atoms with Gasteiger partial charge < -0.3 is 10.1 Å². The predicted molar refractivity (Wildman–Crippen MR) is 53.3 cm³/mol. The third-order valence-corrected chi connectivity index (χ3v) is 2.56. The van der Waals surface area contributed by atoms with Gasteiger partial charge in [0.15, 0.2) is 0 Å². The van der Waals surface area contributed by atoms with E-state index in [0.717, 1.165) is 19.0 Å². The van der Waals surface area contributed by atoms with Gasteiger partial charge in [-0.15, -0.1) is 0 Å². The normalized spacial score (nSPS) is 20.6. The molecule has 6 heteroatoms. The average Bonchev–Trinajstić information content (AvgIpc) is 2.72. The Labute approximate surface area is 95.6 Å². The molecule has 1 atom stereocenters. The molecule has 1 aliphatic rings. The van der Waals surface area contributed by atoms with Gasteiger partial charge in [0.05, 0.1) is 5.56 Å². The van der Waals surface area contributed by atoms with Crippen molar-refractivity contribution in [1.29, 1.82) is 0 Å². The zero-order valence-electron chi connectivity index (χ0n) is 8.85. The smallest absolute Gasteiger partial charge is 0.419 e. The quantitative estimate of drug-likeness (QED) is 0.813. The Morgan fingerprint density at radius 2 is 2.06 bits per heavy atom. The van der Waals surface area contributed by atoms with Crippen LogP contribution in [0.3, 0.4) is 0 Å². The van der Waals surface area contributed by atoms with Crippen LogP contribution >= 0.6 is 0 Å². The van der Waals surface area contributed by atoms with Crippen LogP contribution in [0.2, 0.25) is 0 Å². The Balaban J connectivity index is 2.18. The van der Waals surface area contributed by atoms with Crippen molar-refractivity contribution < 1.29 is 22.3 Å². The van der Waals surface area contributed by atoms with Gasteiger partial charge in [-0.25, -0.2) is 4.39 Å². The minimum Gasteiger partial charge on any atom is -0.489 e. The standard InChI is InChI=1S/C11H11F4NO/c12-10-2-1-7(5-9(10)11(13,14)15)17-8-3-4-16-6-8/h1-2,5,8,16H,3-4,6H2/t8-/m0/s1. The highest BCUT2D eigenvalue weighted by Crippen LogP contribution is 2.33. The molecule has 2 nitrogen and oxygen atoms in total. The fourth-order valence-electron chi connectivity index (χ4n) is 1.72. The summed E-state index contributed by atoms with van der Waals surface area (Å²) in [5.74, 6) is -1.23. The molecule has 17 heavy (non-hydrogen) atoms. The van der Waals surface area contributed by atoms with E-state index in [2.05, 4.69) is 5.32 Å². The summed E-state index contributed by atoms with van der Waals surface area (Å²) in [6.07, 6.45) is -4.11. The monoisotopic (exact) mass is 249 g/mol. The first kappa shape index (κ1) is 12.2. The Morgan fingerprint density at radius 1 is 1.29 bits per heavy atom. The fraction of sp³-hybridized carbons (Fsp3) is 0.455. The number of rotatable bonds is 2. The van der Waals surface area contributed by atoms with Gasteiger partial charge in [-0.1, -0.05) is 0 Å². The highest BCUT2D eigenvalue weighted by atomic mass is 19.4. The Kier molecular flexibility index (Phi) is 3.24. The largest absolute Gasteiger partial charge is 0.489 e. The Hall–Kier alpha value is -1.30. The zero-order valence-corrected chi connectivity index (χ0v) is 8.85. The van der Waals surface area contributed by atoms with Gasteiger partial charge in [-0.05, 0) is 31.2 Å². The Morgan fingerprint density at radius 3 is 2.65 bits per heavy atom. The molecule has 1 N–H and O–H groups in total. The van der Waals surface area contributed by atoms with Crippen molar-refractivity contribution in [3.8, 4) is 5.75 Å². The summed E-state index contributed by atoms with van der Waals surface area (Å²) < 4.78 is 55.6. The molecule has 0 bridgehead atoms. The molecule has 0 aromatic heterocycles. The highest BCUT2D eigenvalue weighted by Gasteiger charge is 2.34. The third-order valence-electron chi connectivity index (χ3n) is 2.56. The van der Waals surface area contributed by atoms with E-state index in [0.29, 0.717) is 12.6 Å². The van der Waals surface area contributed by atoms with E-state index in [9.17, 15) is 17.6 Å². The molecule has 0 spiro atoms. The van der Waals surface area contributed by atoms with E-state index in [1.165, 1.54) is 6.07 Å². The van der Waals surface area contributed by atoms with Crippen LogP contribution in [0.5, 0.6) is 5.75 Å². The number of nitrogens with one attached hydrogen (secondary N) is 1. The van der Waals surface area contributed by atoms with Crippen LogP contribution in [0.15, 0.2) is 18.2 Å². The van der Waals surface area contributed by atoms with Gasteiger partial charge >= 0.3 is 6.18 Å². The number of hydrogen-bond donors (Lipinski definition) is 1. The summed E-state index contributed by atoms with van der Waals surface area (Å²) in [6, 6.07) is 2.69. The minimum atomic E-state index is -4.70. The molecule has 94 valence electrons. The van der Waals surface area contributed by atoms with Crippen molar-refractivity contribution in [1.82, 2.24) is 5.32 Å². The average molecular weight is 249 g/mol. The number of alkyl halides is 3. The lowest BCUT2D eigenvalue weighted by atomic mass is 10.2. The summed E-state index contributed by atoms with van der Waals surface area (Å²) >= 11 is 0. The van der Waals surface area contributed by atoms with Crippen LogP contribution in [0.25, 0.3) is 0 Å². The molecular weight excluding hydrogens is 238 g/mol. The number of halogens is 4. The first-order valence-electron chi connectivity index (χ1n) is 5.21. The molecule has 0 amide bonds. The van der Waals surface area contributed by atoms with Crippen molar-refractivity contribution in [2.45, 2.75) is 18.7 Å². The summed E-state index contributed by atoms with van der Waals surface area (Å²) in [6.45, 7) is 1.37. The first-order chi connectivity index (χ1) is 7.97. The van der Waals surface area contributed by atoms with E-state index in [4.69, 9.17) is 4.74 Å². The summed E-state index contributed by atoms with van der Waals surface area (Å²) in [5.41, 5.74) is -1.29. The van der Waals surface area contributed by atoms with Gasteiger partial charge in [-0.3, -0.25) is 0 Å². The van der Waals surface area contributed by atoms with Crippen LogP contribution in [-0.2, 0) is 6.18 Å². The third kappa shape index (κ3) is 2.88. The van der Waals surface area contributed by atoms with Crippen LogP contribution in [0.4, 0.5) is 17.6 Å². The molecule has 2 rings (SSSR count). The molecule has 0 radical (unpaired) electrons. The number of ether oxygens (including phenoxy) is 1. The molecular formula is C11H11F4NO. The number of hydrogen-bond acceptors (Lipinski definition) is 2. The predicted octanol–water partition coefficient (Wildman–Crippen LogP) is 2.59. The zero-order chi connectivity index (χ0) is 12.5. The fourth-order valence-corrected chi connectivity index (χ4v) is 1.72. The molecule has 1 saturated heterocycles. The lowest BCUT2D eigenvalue weighted by molar-refractivity contribution is -0.140. The maximum atomic E-state index is 13.0. The molecule has 1 aromatic rings. The summed E-state index contributed by atoms with van der Waals surface area (Å²) in [5, 5.41) is 3.03. The molecule has 0 aliphatic carbocycles. The van der Waals surface area contributed by atoms with Gasteiger partial charge in [0.25, 0.3) is 0 Å². The van der Waals surface area contributed by atoms with E-state index < -0.39 is 17.6 Å². The molecule has 1 fully saturated rings. The Bertz CT molecular complexity index is 399. The van der Waals surface area contributed by atoms with Gasteiger partial charge in [0, 0.05) is 6.54 Å². The molecule has 0 saturated carbocycles. The van der Waals surface area contributed by atoms with Gasteiger partial charge in [-0.2, -0.15) is 13.2 Å². The SMILES string of the molecule is Fc1ccc(O[C@H]2CCNC2)cc1C(F)(F)F. The topological polar surface area (TPSA) is 21.3 Å². The van der Waals surface area contributed by atoms with E-state index >= 15 is 0 Å². The van der Waals surface area contributed by atoms with Crippen LogP contribution in [-0.4, -0.2) is 19.2 Å². The van der Waals surface area contributed by atoms with Crippen molar-refractivity contribution >= 4 is 0 Å². The van der Waals surface area contributed by atoms with Crippen LogP contribution in [0, 0.1) is 5.82 Å². The highest BCUT2D eigenvalue weighted by molar-refractivity contribution is 5.31. The second-order valence-corrected chi connectivity index (χ2v) is 3.87. The summed E-state index contributed by atoms with van der Waals surface area (Å²) in [7, 11) is 0. The van der Waals surface area contributed by atoms with Crippen molar-refractivity contribution in [2.75, 3.05) is 13.1 Å². The van der Waals surface area contributed by atoms with E-state index in [1.54, 1.807) is 0 Å². The van der Waals surface area contributed by atoms with E-state index in [1.807, 2.05) is 0 Å². The van der Waals surface area contributed by atoms with Crippen LogP contribution in [0.1, 0.15) is 12.0 Å². The molecule has 1 aliphatic heterocycles. The lowest BCUT2D eigenvalue weighted by Crippen LogP contribution is -2.20. The molecule has 1 aromatic carbocycles. The molecule has 0 unspecified atom stereocenters. The van der Waals surface area contributed by atoms with Gasteiger partial charge in [0.1, 0.15) is 17.7 Å². The van der Waals surface area contributed by atoms with Gasteiger partial charge in [0.2, 0.25) is 0 Å². The maximum Gasteiger partial charge on any atom is 0.419 e. The lowest BCUT2D eigenvalue weighted by Gasteiger charge is -2.14. The summed E-state index contributed by atoms with van der Waals surface area (Å²) in [4.78, 5) is 0. The van der Waals surface area contributed by atoms with Crippen molar-refractivity contribution in [2.24, 2.45) is 0 Å². The first-order valence-corrected chi connectivity index (χ1v) is 5.21. The molecule has 1 heterocycles. The van der Waals surface area contributed by atoms with E-state index in [-0.39, 0.29) is 11.9 Å². The van der Waals surface area contributed by atoms with Crippen LogP contribution < -0.4 is 10.1 Å². The minimum absolute atomic E-state index is 0.0485. The van der Waals surface area contributed by atoms with Crippen molar-refractivity contribution in [3.05, 3.63) is 29.6 Å². The maximum absolute atomic E-state index is 13.0.